The Morgan fingerprint density at radius 2 is 1.91 bits per heavy atom. The molecule has 2 atom stereocenters. The predicted molar refractivity (Wildman–Crippen MR) is 169 cm³/mol. The van der Waals surface area contributed by atoms with E-state index in [1.165, 1.54) is 27.8 Å². The molecule has 46 heavy (non-hydrogen) atoms. The number of aliphatic hydroxyl groups excluding tert-OH is 1. The highest BCUT2D eigenvalue weighted by Crippen LogP contribution is 2.47. The van der Waals surface area contributed by atoms with E-state index in [-0.39, 0.29) is 30.0 Å². The number of aromatic nitrogens is 5. The van der Waals surface area contributed by atoms with E-state index in [9.17, 15) is 24.8 Å². The highest BCUT2D eigenvalue weighted by Gasteiger charge is 2.53. The molecule has 0 radical (unpaired) electrons. The van der Waals surface area contributed by atoms with Gasteiger partial charge in [-0.05, 0) is 36.2 Å². The number of hydrogen-bond acceptors (Lipinski definition) is 9. The SMILES string of the molecule is C[C@H](/C=C/CCn1cc(CCO)nn1)[C@@]1(O)C(=O)N(Cc2cccc(-n3ncc4ccccc4c3=O)c2)c2ccc([N+](=O)[O-])cc21. The van der Waals surface area contributed by atoms with Crippen molar-refractivity contribution < 1.29 is 19.9 Å². The van der Waals surface area contributed by atoms with Gasteiger partial charge in [-0.1, -0.05) is 54.6 Å². The Hall–Kier alpha value is -5.53. The zero-order valence-corrected chi connectivity index (χ0v) is 24.9. The highest BCUT2D eigenvalue weighted by atomic mass is 16.6. The van der Waals surface area contributed by atoms with Crippen LogP contribution in [-0.2, 0) is 29.9 Å². The zero-order chi connectivity index (χ0) is 32.4. The predicted octanol–water partition coefficient (Wildman–Crippen LogP) is 3.44. The van der Waals surface area contributed by atoms with Crippen LogP contribution in [0, 0.1) is 16.0 Å². The standard InChI is InChI=1S/C33H31N7O6/c1-22(7-4-5-15-37-21-25(14-16-41)35-36-37)33(44)29-18-27(40(45)46)12-13-30(29)38(32(33)43)20-23-8-6-10-26(17-23)39-31(42)28-11-3-2-9-24(28)19-34-39/h2-4,6-13,17-19,21-22,41,44H,5,14-16,20H2,1H3/b7-4+/t22-,33+/m1/s1. The molecular weight excluding hydrogens is 590 g/mol. The van der Waals surface area contributed by atoms with Crippen LogP contribution in [-0.4, -0.2) is 52.4 Å². The van der Waals surface area contributed by atoms with Gasteiger partial charge in [-0.15, -0.1) is 5.10 Å². The fourth-order valence-electron chi connectivity index (χ4n) is 5.77. The second-order valence-electron chi connectivity index (χ2n) is 11.2. The Morgan fingerprint density at radius 3 is 2.72 bits per heavy atom. The van der Waals surface area contributed by atoms with Crippen molar-refractivity contribution in [2.24, 2.45) is 5.92 Å². The summed E-state index contributed by atoms with van der Waals surface area (Å²) in [5.74, 6) is -1.35. The molecule has 1 amide bonds. The number of carbonyl (C=O) groups is 1. The summed E-state index contributed by atoms with van der Waals surface area (Å²) in [5.41, 5.74) is -0.222. The number of fused-ring (bicyclic) bond motifs is 2. The van der Waals surface area contributed by atoms with Crippen LogP contribution < -0.4 is 10.5 Å². The topological polar surface area (TPSA) is 170 Å². The Kier molecular flexibility index (Phi) is 8.26. The number of amides is 1. The van der Waals surface area contributed by atoms with Crippen molar-refractivity contribution in [2.75, 3.05) is 11.5 Å². The van der Waals surface area contributed by atoms with Crippen LogP contribution in [0.25, 0.3) is 16.5 Å². The van der Waals surface area contributed by atoms with Gasteiger partial charge in [0.15, 0.2) is 5.60 Å². The van der Waals surface area contributed by atoms with Crippen molar-refractivity contribution in [3.05, 3.63) is 129 Å². The third kappa shape index (κ3) is 5.57. The summed E-state index contributed by atoms with van der Waals surface area (Å²) in [6.07, 6.45) is 7.83. The van der Waals surface area contributed by atoms with Crippen molar-refractivity contribution in [2.45, 2.75) is 38.5 Å². The quantitative estimate of drug-likeness (QED) is 0.127. The molecule has 1 aliphatic rings. The van der Waals surface area contributed by atoms with Crippen LogP contribution >= 0.6 is 0 Å². The number of benzene rings is 3. The summed E-state index contributed by atoms with van der Waals surface area (Å²) < 4.78 is 2.94. The number of carbonyl (C=O) groups excluding carboxylic acids is 1. The maximum Gasteiger partial charge on any atom is 0.279 e. The first-order valence-corrected chi connectivity index (χ1v) is 14.8. The smallest absolute Gasteiger partial charge is 0.279 e. The molecule has 13 heteroatoms. The molecule has 13 nitrogen and oxygen atoms in total. The molecule has 3 heterocycles. The fourth-order valence-corrected chi connectivity index (χ4v) is 5.77. The number of aryl methyl sites for hydroxylation is 1. The van der Waals surface area contributed by atoms with Gasteiger partial charge in [-0.3, -0.25) is 24.4 Å². The van der Waals surface area contributed by atoms with E-state index in [2.05, 4.69) is 15.4 Å². The first-order valence-electron chi connectivity index (χ1n) is 14.8. The summed E-state index contributed by atoms with van der Waals surface area (Å²) in [7, 11) is 0. The van der Waals surface area contributed by atoms with Gasteiger partial charge in [0, 0.05) is 54.8 Å². The Morgan fingerprint density at radius 1 is 1.09 bits per heavy atom. The number of allylic oxidation sites excluding steroid dienone is 1. The molecule has 0 spiro atoms. The molecule has 0 fully saturated rings. The van der Waals surface area contributed by atoms with Crippen LogP contribution in [0.2, 0.25) is 0 Å². The second kappa shape index (κ2) is 12.5. The zero-order valence-electron chi connectivity index (χ0n) is 24.9. The molecule has 0 unspecified atom stereocenters. The lowest BCUT2D eigenvalue weighted by molar-refractivity contribution is -0.385. The highest BCUT2D eigenvalue weighted by molar-refractivity contribution is 6.07. The van der Waals surface area contributed by atoms with E-state index in [0.29, 0.717) is 47.4 Å². The largest absolute Gasteiger partial charge is 0.396 e. The van der Waals surface area contributed by atoms with E-state index in [4.69, 9.17) is 5.11 Å². The van der Waals surface area contributed by atoms with Crippen LogP contribution in [0.3, 0.4) is 0 Å². The molecule has 3 aromatic carbocycles. The Bertz CT molecular complexity index is 2040. The van der Waals surface area contributed by atoms with Gasteiger partial charge in [0.05, 0.1) is 40.1 Å². The number of rotatable bonds is 11. The molecule has 0 bridgehead atoms. The van der Waals surface area contributed by atoms with E-state index in [0.717, 1.165) is 5.39 Å². The minimum absolute atomic E-state index is 0.0213. The third-order valence-electron chi connectivity index (χ3n) is 8.22. The Labute approximate surface area is 262 Å². The second-order valence-corrected chi connectivity index (χ2v) is 11.2. The number of aliphatic hydroxyl groups is 2. The average Bonchev–Trinajstić information content (AvgIpc) is 3.60. The number of anilines is 1. The van der Waals surface area contributed by atoms with Gasteiger partial charge in [-0.2, -0.15) is 9.78 Å². The van der Waals surface area contributed by atoms with Gasteiger partial charge in [0.25, 0.3) is 17.2 Å². The van der Waals surface area contributed by atoms with E-state index in [1.807, 2.05) is 18.2 Å². The van der Waals surface area contributed by atoms with Crippen molar-refractivity contribution >= 4 is 28.1 Å². The molecule has 6 rings (SSSR count). The number of nitrogens with zero attached hydrogens (tertiary/aromatic N) is 7. The minimum atomic E-state index is -2.06. The van der Waals surface area contributed by atoms with Crippen molar-refractivity contribution in [3.63, 3.8) is 0 Å². The molecule has 2 N–H and O–H groups in total. The molecule has 1 aliphatic heterocycles. The van der Waals surface area contributed by atoms with Gasteiger partial charge in [-0.25, -0.2) is 0 Å². The van der Waals surface area contributed by atoms with E-state index >= 15 is 0 Å². The van der Waals surface area contributed by atoms with Gasteiger partial charge < -0.3 is 15.1 Å². The monoisotopic (exact) mass is 621 g/mol. The van der Waals surface area contributed by atoms with Crippen molar-refractivity contribution in [1.29, 1.82) is 0 Å². The molecule has 2 aromatic heterocycles. The lowest BCUT2D eigenvalue weighted by atomic mass is 9.82. The lowest BCUT2D eigenvalue weighted by Crippen LogP contribution is -2.44. The minimum Gasteiger partial charge on any atom is -0.396 e. The Balaban J connectivity index is 1.28. The first-order chi connectivity index (χ1) is 22.2. The third-order valence-corrected chi connectivity index (χ3v) is 8.22. The van der Waals surface area contributed by atoms with Crippen LogP contribution in [0.5, 0.6) is 0 Å². The van der Waals surface area contributed by atoms with E-state index in [1.54, 1.807) is 66.5 Å². The summed E-state index contributed by atoms with van der Waals surface area (Å²) in [4.78, 5) is 39.7. The molecule has 234 valence electrons. The van der Waals surface area contributed by atoms with Gasteiger partial charge in [0.1, 0.15) is 0 Å². The van der Waals surface area contributed by atoms with Crippen LogP contribution in [0.15, 0.2) is 96.1 Å². The van der Waals surface area contributed by atoms with Crippen molar-refractivity contribution in [1.82, 2.24) is 24.8 Å². The molecule has 5 aromatic rings. The summed E-state index contributed by atoms with van der Waals surface area (Å²) >= 11 is 0. The molecule has 0 aliphatic carbocycles. The van der Waals surface area contributed by atoms with Crippen LogP contribution in [0.4, 0.5) is 11.4 Å². The number of nitro benzene ring substituents is 1. The fraction of sp³-hybridized carbons (Fsp3) is 0.242. The van der Waals surface area contributed by atoms with Crippen LogP contribution in [0.1, 0.15) is 30.2 Å². The number of hydrogen-bond donors (Lipinski definition) is 2. The normalized spacial score (nSPS) is 16.8. The van der Waals surface area contributed by atoms with Crippen molar-refractivity contribution in [3.8, 4) is 5.69 Å². The summed E-state index contributed by atoms with van der Waals surface area (Å²) in [6, 6.07) is 18.3. The summed E-state index contributed by atoms with van der Waals surface area (Å²) in [6.45, 7) is 2.20. The maximum atomic E-state index is 14.0. The number of non-ortho nitro benzene ring substituents is 1. The number of nitro groups is 1. The van der Waals surface area contributed by atoms with E-state index < -0.39 is 22.3 Å². The molecular formula is C33H31N7O6. The average molecular weight is 622 g/mol. The van der Waals surface area contributed by atoms with Gasteiger partial charge in [0.2, 0.25) is 0 Å². The summed E-state index contributed by atoms with van der Waals surface area (Å²) in [5, 5.41) is 46.3. The maximum absolute atomic E-state index is 14.0. The molecule has 0 saturated carbocycles. The molecule has 0 saturated heterocycles. The van der Waals surface area contributed by atoms with Gasteiger partial charge >= 0.3 is 0 Å². The lowest BCUT2D eigenvalue weighted by Gasteiger charge is -2.27. The first kappa shape index (κ1) is 30.5.